The fourth-order valence-corrected chi connectivity index (χ4v) is 3.12. The zero-order chi connectivity index (χ0) is 21.2. The molecular formula is C22H24NO6+. The molecule has 2 aromatic carbocycles. The van der Waals surface area contributed by atoms with Gasteiger partial charge in [-0.25, -0.2) is 9.59 Å². The lowest BCUT2D eigenvalue weighted by molar-refractivity contribution is -1.43. The number of benzene rings is 2. The molecule has 1 spiro atoms. The Morgan fingerprint density at radius 1 is 0.621 bits per heavy atom. The molecule has 0 amide bonds. The van der Waals surface area contributed by atoms with E-state index in [-0.39, 0.29) is 33.5 Å². The predicted octanol–water partition coefficient (Wildman–Crippen LogP) is 4.56. The first-order valence-electron chi connectivity index (χ1n) is 9.43. The first-order chi connectivity index (χ1) is 13.4. The van der Waals surface area contributed by atoms with Crippen LogP contribution in [0.1, 0.15) is 73.4 Å². The Bertz CT molecular complexity index is 945. The van der Waals surface area contributed by atoms with Crippen LogP contribution in [0.3, 0.4) is 0 Å². The van der Waals surface area contributed by atoms with E-state index in [1.807, 2.05) is 53.7 Å². The quantitative estimate of drug-likeness (QED) is 0.606. The topological polar surface area (TPSA) is 71.1 Å². The van der Waals surface area contributed by atoms with E-state index in [9.17, 15) is 9.59 Å². The number of rotatable bonds is 0. The minimum atomic E-state index is -1.47. The van der Waals surface area contributed by atoms with Crippen molar-refractivity contribution in [3.63, 3.8) is 0 Å². The monoisotopic (exact) mass is 398 g/mol. The van der Waals surface area contributed by atoms with Gasteiger partial charge < -0.3 is 0 Å². The summed E-state index contributed by atoms with van der Waals surface area (Å²) in [6, 6.07) is 10.4. The molecule has 2 aliphatic heterocycles. The van der Waals surface area contributed by atoms with Gasteiger partial charge in [0, 0.05) is 0 Å². The molecule has 152 valence electrons. The number of fused-ring (bicyclic) bond motifs is 2. The molecule has 7 nitrogen and oxygen atoms in total. The second-order valence-corrected chi connectivity index (χ2v) is 9.31. The van der Waals surface area contributed by atoms with Crippen molar-refractivity contribution in [3.05, 3.63) is 58.7 Å². The summed E-state index contributed by atoms with van der Waals surface area (Å²) in [5.41, 5.74) is 2.02. The van der Waals surface area contributed by atoms with E-state index in [2.05, 4.69) is 0 Å². The van der Waals surface area contributed by atoms with Gasteiger partial charge in [-0.3, -0.25) is 0 Å². The molecule has 0 N–H and O–H groups in total. The molecule has 0 unspecified atom stereocenters. The van der Waals surface area contributed by atoms with Gasteiger partial charge >= 0.3 is 17.1 Å². The average Bonchev–Trinajstić information content (AvgIpc) is 2.59. The van der Waals surface area contributed by atoms with Crippen LogP contribution in [0.2, 0.25) is 0 Å². The highest BCUT2D eigenvalue weighted by atomic mass is 17.4. The Kier molecular flexibility index (Phi) is 3.96. The summed E-state index contributed by atoms with van der Waals surface area (Å²) in [4.78, 5) is 47.1. The van der Waals surface area contributed by atoms with Crippen molar-refractivity contribution in [2.24, 2.45) is 0 Å². The Balaban J connectivity index is 1.75. The van der Waals surface area contributed by atoms with Crippen LogP contribution in [-0.4, -0.2) is 17.1 Å². The van der Waals surface area contributed by atoms with Crippen molar-refractivity contribution >= 4 is 11.9 Å². The van der Waals surface area contributed by atoms with E-state index in [1.165, 1.54) is 0 Å². The van der Waals surface area contributed by atoms with Crippen molar-refractivity contribution < 1.29 is 34.1 Å². The summed E-state index contributed by atoms with van der Waals surface area (Å²) in [6.07, 6.45) is 0. The van der Waals surface area contributed by atoms with E-state index in [0.29, 0.717) is 0 Å². The number of nitrogens with zero attached hydrogens (tertiary/aromatic N) is 1. The van der Waals surface area contributed by atoms with Crippen LogP contribution >= 0.6 is 0 Å². The van der Waals surface area contributed by atoms with Crippen molar-refractivity contribution in [1.29, 1.82) is 0 Å². The standard InChI is InChI=1S/C22H24NO6/c1-21(2,3)13-7-9-15-17(11-13)26-23(28-19(15)24)27-18-12-14(22(4,5)6)8-10-16(18)20(25)29-23/h7-12H,1-6H3/q+1. The van der Waals surface area contributed by atoms with Crippen LogP contribution in [0.5, 0.6) is 11.5 Å². The molecule has 7 heteroatoms. The number of hydrogen-bond donors (Lipinski definition) is 0. The third-order valence-electron chi connectivity index (χ3n) is 4.94. The van der Waals surface area contributed by atoms with E-state index in [4.69, 9.17) is 19.4 Å². The molecule has 0 fully saturated rings. The zero-order valence-electron chi connectivity index (χ0n) is 17.4. The molecular weight excluding hydrogens is 374 g/mol. The van der Waals surface area contributed by atoms with E-state index < -0.39 is 17.1 Å². The van der Waals surface area contributed by atoms with E-state index >= 15 is 0 Å². The lowest BCUT2D eigenvalue weighted by atomic mass is 9.86. The van der Waals surface area contributed by atoms with Gasteiger partial charge in [-0.05, 0) is 46.2 Å². The van der Waals surface area contributed by atoms with Crippen molar-refractivity contribution in [1.82, 2.24) is 0 Å². The summed E-state index contributed by atoms with van der Waals surface area (Å²) in [5, 5.41) is -1.47. The average molecular weight is 398 g/mol. The maximum Gasteiger partial charge on any atom is 0.435 e. The first kappa shape index (κ1) is 19.3. The number of carbonyl (C=O) groups is 2. The van der Waals surface area contributed by atoms with Crippen LogP contribution in [0.15, 0.2) is 36.4 Å². The maximum atomic E-state index is 12.6. The molecule has 2 aliphatic rings. The fourth-order valence-electron chi connectivity index (χ4n) is 3.12. The summed E-state index contributed by atoms with van der Waals surface area (Å²) in [6.45, 7) is 12.3. The molecule has 0 bridgehead atoms. The molecule has 29 heavy (non-hydrogen) atoms. The molecule has 0 saturated carbocycles. The second-order valence-electron chi connectivity index (χ2n) is 9.31. The molecule has 2 aromatic rings. The molecule has 4 rings (SSSR count). The van der Waals surface area contributed by atoms with Crippen LogP contribution in [0, 0.1) is 0 Å². The number of hydrogen-bond acceptors (Lipinski definition) is 6. The van der Waals surface area contributed by atoms with Crippen LogP contribution < -0.4 is 9.68 Å². The van der Waals surface area contributed by atoms with Crippen LogP contribution in [-0.2, 0) is 20.5 Å². The van der Waals surface area contributed by atoms with Crippen LogP contribution in [0.25, 0.3) is 0 Å². The minimum absolute atomic E-state index is 0.168. The maximum absolute atomic E-state index is 12.6. The second kappa shape index (κ2) is 5.97. The summed E-state index contributed by atoms with van der Waals surface area (Å²) >= 11 is 0. The van der Waals surface area contributed by atoms with Crippen molar-refractivity contribution in [2.75, 3.05) is 0 Å². The van der Waals surface area contributed by atoms with Gasteiger partial charge in [0.2, 0.25) is 11.5 Å². The van der Waals surface area contributed by atoms with Gasteiger partial charge in [-0.15, -0.1) is 9.68 Å². The van der Waals surface area contributed by atoms with E-state index in [1.54, 1.807) is 24.3 Å². The Hall–Kier alpha value is -3.06. The number of quaternary nitrogens is 1. The van der Waals surface area contributed by atoms with Crippen molar-refractivity contribution in [3.8, 4) is 11.5 Å². The molecule has 0 saturated heterocycles. The van der Waals surface area contributed by atoms with Gasteiger partial charge in [0.05, 0.1) is 0 Å². The van der Waals surface area contributed by atoms with Gasteiger partial charge in [-0.1, -0.05) is 53.7 Å². The Morgan fingerprint density at radius 2 is 1.00 bits per heavy atom. The normalized spacial score (nSPS) is 17.4. The summed E-state index contributed by atoms with van der Waals surface area (Å²) in [7, 11) is 0. The highest BCUT2D eigenvalue weighted by molar-refractivity contribution is 5.94. The Morgan fingerprint density at radius 3 is 1.34 bits per heavy atom. The lowest BCUT2D eigenvalue weighted by Crippen LogP contribution is -2.59. The van der Waals surface area contributed by atoms with Gasteiger partial charge in [0.15, 0.2) is 0 Å². The largest absolute Gasteiger partial charge is 0.435 e. The number of carbonyl (C=O) groups excluding carboxylic acids is 2. The highest BCUT2D eigenvalue weighted by Gasteiger charge is 2.57. The van der Waals surface area contributed by atoms with Crippen LogP contribution in [0.4, 0.5) is 0 Å². The zero-order valence-corrected chi connectivity index (χ0v) is 17.4. The van der Waals surface area contributed by atoms with Crippen molar-refractivity contribution in [2.45, 2.75) is 52.4 Å². The first-order valence-corrected chi connectivity index (χ1v) is 9.43. The molecule has 2 heterocycles. The highest BCUT2D eigenvalue weighted by Crippen LogP contribution is 2.40. The van der Waals surface area contributed by atoms with Gasteiger partial charge in [0.25, 0.3) is 0 Å². The summed E-state index contributed by atoms with van der Waals surface area (Å²) < 4.78 is 0. The van der Waals surface area contributed by atoms with Gasteiger partial charge in [-0.2, -0.15) is 9.68 Å². The lowest BCUT2D eigenvalue weighted by Gasteiger charge is -2.31. The third kappa shape index (κ3) is 3.31. The molecule has 0 aromatic heterocycles. The molecule has 0 aliphatic carbocycles. The smallest absolute Gasteiger partial charge is 0.239 e. The summed E-state index contributed by atoms with van der Waals surface area (Å²) in [5.74, 6) is -0.987. The Labute approximate surface area is 169 Å². The van der Waals surface area contributed by atoms with E-state index in [0.717, 1.165) is 11.1 Å². The third-order valence-corrected chi connectivity index (χ3v) is 4.94. The van der Waals surface area contributed by atoms with Gasteiger partial charge in [0.1, 0.15) is 11.1 Å². The SMILES string of the molecule is CC(C)(C)c1ccc2c(c1)O[N+]1(OC2=O)OC(=O)c2ccc(C(C)(C)C)cc2O1. The predicted molar refractivity (Wildman–Crippen MR) is 103 cm³/mol. The minimum Gasteiger partial charge on any atom is -0.239 e. The molecule has 0 atom stereocenters. The molecule has 0 radical (unpaired) electrons. The fraction of sp³-hybridized carbons (Fsp3) is 0.364.